The van der Waals surface area contributed by atoms with Gasteiger partial charge in [0.2, 0.25) is 0 Å². The number of nitro benzene ring substituents is 1. The van der Waals surface area contributed by atoms with Crippen molar-refractivity contribution < 1.29 is 33.6 Å². The zero-order valence-corrected chi connectivity index (χ0v) is 28.9. The number of hydrogen-bond donors (Lipinski definition) is 0. The molecular formula is C40H25Cl2N3O8. The number of hydrogen-bond acceptors (Lipinski definition) is 8. The van der Waals surface area contributed by atoms with Gasteiger partial charge >= 0.3 is 5.97 Å². The Balaban J connectivity index is 1.10. The monoisotopic (exact) mass is 745 g/mol. The first-order valence-corrected chi connectivity index (χ1v) is 17.2. The van der Waals surface area contributed by atoms with Crippen LogP contribution in [0, 0.1) is 22.0 Å². The average molecular weight is 747 g/mol. The Morgan fingerprint density at radius 2 is 1.23 bits per heavy atom. The normalized spacial score (nSPS) is 19.2. The van der Waals surface area contributed by atoms with Gasteiger partial charge in [0.25, 0.3) is 23.4 Å². The molecule has 0 N–H and O–H groups in total. The quantitative estimate of drug-likeness (QED) is 0.0403. The van der Waals surface area contributed by atoms with Crippen LogP contribution in [-0.4, -0.2) is 51.0 Å². The van der Waals surface area contributed by atoms with E-state index in [0.29, 0.717) is 0 Å². The minimum absolute atomic E-state index is 0.0319. The van der Waals surface area contributed by atoms with E-state index in [-0.39, 0.29) is 38.2 Å². The number of benzene rings is 5. The number of non-ortho nitro benzene ring substituents is 1. The summed E-state index contributed by atoms with van der Waals surface area (Å²) in [6.07, 6.45) is 0. The number of rotatable bonds is 8. The molecule has 1 heterocycles. The van der Waals surface area contributed by atoms with Gasteiger partial charge in [0.05, 0.1) is 32.9 Å². The summed E-state index contributed by atoms with van der Waals surface area (Å²) >= 11 is 12.6. The molecule has 4 aliphatic rings. The van der Waals surface area contributed by atoms with Crippen LogP contribution in [0.1, 0.15) is 65.2 Å². The Kier molecular flexibility index (Phi) is 8.39. The number of nitrogens with zero attached hydrogens (tertiary/aromatic N) is 3. The predicted octanol–water partition coefficient (Wildman–Crippen LogP) is 7.25. The number of esters is 1. The molecule has 11 nitrogen and oxygen atoms in total. The lowest BCUT2D eigenvalue weighted by Gasteiger charge is -2.45. The van der Waals surface area contributed by atoms with Crippen molar-refractivity contribution in [1.82, 2.24) is 10.0 Å². The largest absolute Gasteiger partial charge is 0.423 e. The fraction of sp³-hybridized carbons (Fsp3) is 0.125. The van der Waals surface area contributed by atoms with E-state index in [4.69, 9.17) is 27.9 Å². The molecule has 5 aromatic carbocycles. The number of nitro groups is 1. The maximum Gasteiger partial charge on any atom is 0.343 e. The van der Waals surface area contributed by atoms with Crippen molar-refractivity contribution in [3.8, 4) is 5.75 Å². The van der Waals surface area contributed by atoms with Gasteiger partial charge in [0, 0.05) is 34.6 Å². The van der Waals surface area contributed by atoms with Crippen LogP contribution < -0.4 is 4.74 Å². The van der Waals surface area contributed by atoms with E-state index in [0.717, 1.165) is 32.3 Å². The van der Waals surface area contributed by atoms with Crippen molar-refractivity contribution in [2.75, 3.05) is 6.54 Å². The molecule has 0 spiro atoms. The van der Waals surface area contributed by atoms with Crippen LogP contribution in [0.2, 0.25) is 10.0 Å². The van der Waals surface area contributed by atoms with Crippen LogP contribution in [-0.2, 0) is 9.59 Å². The van der Waals surface area contributed by atoms with Crippen LogP contribution in [0.5, 0.6) is 5.75 Å². The maximum absolute atomic E-state index is 14.6. The highest BCUT2D eigenvalue weighted by Crippen LogP contribution is 2.61. The van der Waals surface area contributed by atoms with Crippen molar-refractivity contribution in [1.29, 1.82) is 0 Å². The van der Waals surface area contributed by atoms with E-state index in [1.807, 2.05) is 48.5 Å². The summed E-state index contributed by atoms with van der Waals surface area (Å²) in [5.74, 6) is -5.87. The van der Waals surface area contributed by atoms with E-state index < -0.39 is 64.6 Å². The molecule has 53 heavy (non-hydrogen) atoms. The fourth-order valence-electron chi connectivity index (χ4n) is 7.76. The minimum Gasteiger partial charge on any atom is -0.423 e. The number of imide groups is 1. The van der Waals surface area contributed by atoms with Crippen molar-refractivity contribution >= 4 is 58.4 Å². The van der Waals surface area contributed by atoms with Crippen LogP contribution in [0.3, 0.4) is 0 Å². The number of hydrazine groups is 1. The van der Waals surface area contributed by atoms with Gasteiger partial charge in [-0.25, -0.2) is 9.80 Å². The number of ketones is 1. The fourth-order valence-corrected chi connectivity index (χ4v) is 8.25. The average Bonchev–Trinajstić information content (AvgIpc) is 3.43. The van der Waals surface area contributed by atoms with Gasteiger partial charge < -0.3 is 4.74 Å². The van der Waals surface area contributed by atoms with Crippen molar-refractivity contribution in [3.63, 3.8) is 0 Å². The first-order valence-electron chi connectivity index (χ1n) is 16.5. The van der Waals surface area contributed by atoms with E-state index >= 15 is 0 Å². The van der Waals surface area contributed by atoms with Crippen LogP contribution in [0.4, 0.5) is 5.69 Å². The van der Waals surface area contributed by atoms with Gasteiger partial charge in [-0.2, -0.15) is 5.01 Å². The molecule has 3 aliphatic carbocycles. The molecule has 0 saturated carbocycles. The van der Waals surface area contributed by atoms with Gasteiger partial charge in [-0.3, -0.25) is 29.3 Å². The zero-order valence-electron chi connectivity index (χ0n) is 27.3. The van der Waals surface area contributed by atoms with Crippen molar-refractivity contribution in [2.24, 2.45) is 11.8 Å². The van der Waals surface area contributed by atoms with Gasteiger partial charge in [-0.1, -0.05) is 71.7 Å². The lowest BCUT2D eigenvalue weighted by Crippen LogP contribution is -2.52. The highest BCUT2D eigenvalue weighted by Gasteiger charge is 2.63. The highest BCUT2D eigenvalue weighted by molar-refractivity contribution is 6.36. The minimum atomic E-state index is -0.851. The van der Waals surface area contributed by atoms with Gasteiger partial charge in [0.1, 0.15) is 12.3 Å². The van der Waals surface area contributed by atoms with Crippen molar-refractivity contribution in [3.05, 3.63) is 174 Å². The Morgan fingerprint density at radius 1 is 0.717 bits per heavy atom. The molecule has 1 fully saturated rings. The summed E-state index contributed by atoms with van der Waals surface area (Å²) in [4.78, 5) is 80.3. The molecular weight excluding hydrogens is 721 g/mol. The van der Waals surface area contributed by atoms with Gasteiger partial charge in [-0.15, -0.1) is 0 Å². The maximum atomic E-state index is 14.6. The third-order valence-electron chi connectivity index (χ3n) is 10.1. The van der Waals surface area contributed by atoms with Crippen LogP contribution in [0.15, 0.2) is 115 Å². The molecule has 13 heteroatoms. The summed E-state index contributed by atoms with van der Waals surface area (Å²) in [5, 5.41) is 12.8. The second-order valence-corrected chi connectivity index (χ2v) is 13.7. The first kappa shape index (κ1) is 33.9. The smallest absolute Gasteiger partial charge is 0.343 e. The number of Topliss-reactive ketones (excluding diaryl/α,β-unsaturated/α-hetero) is 1. The van der Waals surface area contributed by atoms with Gasteiger partial charge in [0.15, 0.2) is 5.78 Å². The molecule has 0 radical (unpaired) electrons. The number of carbonyl (C=O) groups is 5. The molecule has 1 saturated heterocycles. The van der Waals surface area contributed by atoms with E-state index in [2.05, 4.69) is 0 Å². The van der Waals surface area contributed by atoms with Crippen LogP contribution in [0.25, 0.3) is 0 Å². The number of ether oxygens (including phenoxy) is 1. The summed E-state index contributed by atoms with van der Waals surface area (Å²) in [6.45, 7) is -0.703. The molecule has 5 aromatic rings. The second kappa shape index (κ2) is 13.1. The molecule has 0 aromatic heterocycles. The Bertz CT molecular complexity index is 2280. The highest BCUT2D eigenvalue weighted by atomic mass is 35.5. The molecule has 2 bridgehead atoms. The van der Waals surface area contributed by atoms with Crippen molar-refractivity contribution in [2.45, 2.75) is 11.8 Å². The van der Waals surface area contributed by atoms with Crippen LogP contribution >= 0.6 is 23.2 Å². The molecule has 2 atom stereocenters. The summed E-state index contributed by atoms with van der Waals surface area (Å²) < 4.78 is 5.37. The Morgan fingerprint density at radius 3 is 1.72 bits per heavy atom. The molecule has 0 unspecified atom stereocenters. The SMILES string of the molecule is O=C(CN(C(=O)c1ccc(Cl)cc1Cl)N1C(=O)[C@@H]2C3c4ccccc4C(c4ccccc43)[C@@H]2C1=O)c1ccc(OC(=O)c2ccc([N+](=O)[O-])cc2)cc1. The van der Waals surface area contributed by atoms with E-state index in [9.17, 15) is 34.1 Å². The zero-order chi connectivity index (χ0) is 37.1. The number of carbonyl (C=O) groups excluding carboxylic acids is 5. The third-order valence-corrected chi connectivity index (χ3v) is 10.6. The van der Waals surface area contributed by atoms with E-state index in [1.54, 1.807) is 0 Å². The third kappa shape index (κ3) is 5.65. The molecule has 9 rings (SSSR count). The molecule has 1 aliphatic heterocycles. The number of amides is 3. The Labute approximate surface area is 311 Å². The summed E-state index contributed by atoms with van der Waals surface area (Å²) in [5.41, 5.74) is 3.71. The van der Waals surface area contributed by atoms with Gasteiger partial charge in [-0.05, 0) is 76.9 Å². The lowest BCUT2D eigenvalue weighted by molar-refractivity contribution is -0.384. The van der Waals surface area contributed by atoms with E-state index in [1.165, 1.54) is 66.7 Å². The molecule has 262 valence electrons. The second-order valence-electron chi connectivity index (χ2n) is 12.9. The summed E-state index contributed by atoms with van der Waals surface area (Å²) in [7, 11) is 0. The molecule has 3 amide bonds. The Hall–Kier alpha value is -6.17. The first-order chi connectivity index (χ1) is 25.5. The lowest BCUT2D eigenvalue weighted by atomic mass is 9.55. The number of halogens is 2. The summed E-state index contributed by atoms with van der Waals surface area (Å²) in [6, 6.07) is 30.0. The topological polar surface area (TPSA) is 144 Å². The standard InChI is InChI=1S/C40H25Cl2N3O8/c41-23-13-18-30(31(42)19-23)37(47)43(20-32(46)21-11-16-25(17-12-21)53-40(50)22-9-14-24(15-10-22)45(51)52)44-38(48)35-33-26-5-1-2-6-27(26)34(36(35)39(44)49)29-8-4-3-7-28(29)33/h1-19,33-36H,20H2/t33?,34?,35-,36+. The predicted molar refractivity (Wildman–Crippen MR) is 192 cm³/mol.